The lowest BCUT2D eigenvalue weighted by Crippen LogP contribution is -2.19. The van der Waals surface area contributed by atoms with Crippen LogP contribution in [-0.4, -0.2) is 25.4 Å². The van der Waals surface area contributed by atoms with E-state index < -0.39 is 0 Å². The molecule has 0 spiro atoms. The number of hydrogen-bond acceptors (Lipinski definition) is 4. The summed E-state index contributed by atoms with van der Waals surface area (Å²) in [5.41, 5.74) is 0.931. The second kappa shape index (κ2) is 8.97. The zero-order valence-corrected chi connectivity index (χ0v) is 13.1. The summed E-state index contributed by atoms with van der Waals surface area (Å²) in [7, 11) is 1.35. The van der Waals surface area contributed by atoms with Crippen LogP contribution in [0.2, 0.25) is 0 Å². The van der Waals surface area contributed by atoms with E-state index in [1.165, 1.54) is 18.9 Å². The van der Waals surface area contributed by atoms with Gasteiger partial charge in [-0.05, 0) is 30.2 Å². The molecule has 1 rings (SSSR count). The fourth-order valence-corrected chi connectivity index (χ4v) is 2.47. The molecule has 1 aromatic carbocycles. The number of esters is 1. The van der Waals surface area contributed by atoms with Gasteiger partial charge >= 0.3 is 5.97 Å². The fourth-order valence-electron chi connectivity index (χ4n) is 1.62. The van der Waals surface area contributed by atoms with Crippen molar-refractivity contribution in [2.24, 2.45) is 5.92 Å². The molecule has 1 N–H and O–H groups in total. The molecule has 0 aliphatic carbocycles. The van der Waals surface area contributed by atoms with E-state index in [0.717, 1.165) is 12.1 Å². The number of methoxy groups -OCH3 is 1. The SMILES string of the molecule is COC(=O)CCSc1ccc(CNCC(C)C)cc1F. The number of carbonyl (C=O) groups excluding carboxylic acids is 1. The minimum Gasteiger partial charge on any atom is -0.469 e. The first kappa shape index (κ1) is 17.0. The van der Waals surface area contributed by atoms with E-state index in [9.17, 15) is 9.18 Å². The van der Waals surface area contributed by atoms with Gasteiger partial charge in [-0.1, -0.05) is 19.9 Å². The van der Waals surface area contributed by atoms with Crippen molar-refractivity contribution in [3.63, 3.8) is 0 Å². The molecular weight excluding hydrogens is 277 g/mol. The minimum absolute atomic E-state index is 0.233. The number of rotatable bonds is 8. The maximum atomic E-state index is 13.9. The summed E-state index contributed by atoms with van der Waals surface area (Å²) in [6.45, 7) is 5.85. The molecule has 0 aliphatic heterocycles. The smallest absolute Gasteiger partial charge is 0.306 e. The van der Waals surface area contributed by atoms with E-state index in [0.29, 0.717) is 23.1 Å². The summed E-state index contributed by atoms with van der Waals surface area (Å²) < 4.78 is 18.4. The number of halogens is 1. The second-order valence-electron chi connectivity index (χ2n) is 4.96. The quantitative estimate of drug-likeness (QED) is 0.591. The van der Waals surface area contributed by atoms with Gasteiger partial charge in [0, 0.05) is 17.2 Å². The molecule has 1 aromatic rings. The predicted molar refractivity (Wildman–Crippen MR) is 80.3 cm³/mol. The topological polar surface area (TPSA) is 38.3 Å². The van der Waals surface area contributed by atoms with Crippen LogP contribution >= 0.6 is 11.8 Å². The number of hydrogen-bond donors (Lipinski definition) is 1. The maximum Gasteiger partial charge on any atom is 0.306 e. The third-order valence-corrected chi connectivity index (χ3v) is 3.72. The molecule has 0 radical (unpaired) electrons. The molecule has 0 aliphatic rings. The van der Waals surface area contributed by atoms with Crippen molar-refractivity contribution in [2.45, 2.75) is 31.7 Å². The first-order valence-electron chi connectivity index (χ1n) is 6.71. The van der Waals surface area contributed by atoms with Gasteiger partial charge in [0.05, 0.1) is 13.5 Å². The number of thioether (sulfide) groups is 1. The van der Waals surface area contributed by atoms with Crippen LogP contribution < -0.4 is 5.32 Å². The first-order valence-corrected chi connectivity index (χ1v) is 7.70. The Kier molecular flexibility index (Phi) is 7.62. The monoisotopic (exact) mass is 299 g/mol. The van der Waals surface area contributed by atoms with Crippen molar-refractivity contribution < 1.29 is 13.9 Å². The molecule has 0 heterocycles. The lowest BCUT2D eigenvalue weighted by atomic mass is 10.2. The molecule has 3 nitrogen and oxygen atoms in total. The van der Waals surface area contributed by atoms with Gasteiger partial charge in [0.2, 0.25) is 0 Å². The normalized spacial score (nSPS) is 10.8. The molecule has 20 heavy (non-hydrogen) atoms. The van der Waals surface area contributed by atoms with Crippen LogP contribution in [0.15, 0.2) is 23.1 Å². The highest BCUT2D eigenvalue weighted by Gasteiger charge is 2.06. The van der Waals surface area contributed by atoms with Crippen LogP contribution in [0.1, 0.15) is 25.8 Å². The standard InChI is InChI=1S/C15H22FNO2S/c1-11(2)9-17-10-12-4-5-14(13(16)8-12)20-7-6-15(18)19-3/h4-5,8,11,17H,6-7,9-10H2,1-3H3. The highest BCUT2D eigenvalue weighted by molar-refractivity contribution is 7.99. The molecule has 0 fully saturated rings. The molecule has 0 amide bonds. The van der Waals surface area contributed by atoms with Gasteiger partial charge in [-0.3, -0.25) is 4.79 Å². The van der Waals surface area contributed by atoms with Crippen molar-refractivity contribution in [3.05, 3.63) is 29.6 Å². The van der Waals surface area contributed by atoms with Gasteiger partial charge in [-0.2, -0.15) is 0 Å². The summed E-state index contributed by atoms with van der Waals surface area (Å²) in [5, 5.41) is 3.28. The van der Waals surface area contributed by atoms with E-state index in [2.05, 4.69) is 23.9 Å². The molecule has 0 unspecified atom stereocenters. The van der Waals surface area contributed by atoms with Crippen molar-refractivity contribution in [1.29, 1.82) is 0 Å². The first-order chi connectivity index (χ1) is 9.52. The van der Waals surface area contributed by atoms with Crippen LogP contribution in [-0.2, 0) is 16.1 Å². The van der Waals surface area contributed by atoms with Gasteiger partial charge in [-0.15, -0.1) is 11.8 Å². The molecule has 5 heteroatoms. The van der Waals surface area contributed by atoms with Gasteiger partial charge < -0.3 is 10.1 Å². The number of nitrogens with one attached hydrogen (secondary N) is 1. The van der Waals surface area contributed by atoms with E-state index >= 15 is 0 Å². The van der Waals surface area contributed by atoms with Crippen molar-refractivity contribution in [2.75, 3.05) is 19.4 Å². The fraction of sp³-hybridized carbons (Fsp3) is 0.533. The Balaban J connectivity index is 2.44. The molecule has 112 valence electrons. The second-order valence-corrected chi connectivity index (χ2v) is 6.10. The molecule has 0 saturated carbocycles. The lowest BCUT2D eigenvalue weighted by molar-refractivity contribution is -0.140. The molecule has 0 bridgehead atoms. The predicted octanol–water partition coefficient (Wildman–Crippen LogP) is 3.23. The Hall–Kier alpha value is -1.07. The molecule has 0 saturated heterocycles. The summed E-state index contributed by atoms with van der Waals surface area (Å²) >= 11 is 1.33. The molecule has 0 atom stereocenters. The van der Waals surface area contributed by atoms with Gasteiger partial charge in [0.25, 0.3) is 0 Å². The average molecular weight is 299 g/mol. The lowest BCUT2D eigenvalue weighted by Gasteiger charge is -2.09. The highest BCUT2D eigenvalue weighted by Crippen LogP contribution is 2.23. The molecule has 0 aromatic heterocycles. The van der Waals surface area contributed by atoms with Crippen LogP contribution in [0.25, 0.3) is 0 Å². The summed E-state index contributed by atoms with van der Waals surface area (Å²) in [5.74, 6) is 0.596. The van der Waals surface area contributed by atoms with E-state index in [4.69, 9.17) is 0 Å². The maximum absolute atomic E-state index is 13.9. The zero-order valence-electron chi connectivity index (χ0n) is 12.2. The summed E-state index contributed by atoms with van der Waals surface area (Å²) in [4.78, 5) is 11.5. The zero-order chi connectivity index (χ0) is 15.0. The minimum atomic E-state index is -0.271. The summed E-state index contributed by atoms with van der Waals surface area (Å²) in [6.07, 6.45) is 0.290. The van der Waals surface area contributed by atoms with E-state index in [1.54, 1.807) is 12.1 Å². The molecular formula is C15H22FNO2S. The van der Waals surface area contributed by atoms with Crippen molar-refractivity contribution >= 4 is 17.7 Å². The Bertz CT molecular complexity index is 438. The van der Waals surface area contributed by atoms with Crippen LogP contribution in [0.5, 0.6) is 0 Å². The Morgan fingerprint density at radius 3 is 2.80 bits per heavy atom. The van der Waals surface area contributed by atoms with Crippen LogP contribution in [0, 0.1) is 11.7 Å². The Morgan fingerprint density at radius 2 is 2.20 bits per heavy atom. The van der Waals surface area contributed by atoms with Crippen molar-refractivity contribution in [1.82, 2.24) is 5.32 Å². The van der Waals surface area contributed by atoms with Gasteiger partial charge in [-0.25, -0.2) is 4.39 Å². The Labute approximate surface area is 124 Å². The van der Waals surface area contributed by atoms with E-state index in [1.807, 2.05) is 6.07 Å². The van der Waals surface area contributed by atoms with E-state index in [-0.39, 0.29) is 18.2 Å². The summed E-state index contributed by atoms with van der Waals surface area (Å²) in [6, 6.07) is 5.23. The third-order valence-electron chi connectivity index (χ3n) is 2.67. The van der Waals surface area contributed by atoms with Crippen LogP contribution in [0.3, 0.4) is 0 Å². The third kappa shape index (κ3) is 6.39. The van der Waals surface area contributed by atoms with Crippen molar-refractivity contribution in [3.8, 4) is 0 Å². The Morgan fingerprint density at radius 1 is 1.45 bits per heavy atom. The average Bonchev–Trinajstić information content (AvgIpc) is 2.40. The van der Waals surface area contributed by atoms with Crippen LogP contribution in [0.4, 0.5) is 4.39 Å². The number of benzene rings is 1. The number of ether oxygens (including phenoxy) is 1. The number of carbonyl (C=O) groups is 1. The highest BCUT2D eigenvalue weighted by atomic mass is 32.2. The van der Waals surface area contributed by atoms with Gasteiger partial charge in [0.15, 0.2) is 0 Å². The van der Waals surface area contributed by atoms with Gasteiger partial charge in [0.1, 0.15) is 5.82 Å². The largest absolute Gasteiger partial charge is 0.469 e.